The molecule has 6 nitrogen and oxygen atoms in total. The van der Waals surface area contributed by atoms with E-state index in [4.69, 9.17) is 9.47 Å². The van der Waals surface area contributed by atoms with Crippen LogP contribution in [0, 0.1) is 0 Å². The Hall–Kier alpha value is -3.28. The molecule has 0 aliphatic heterocycles. The zero-order valence-electron chi connectivity index (χ0n) is 15.7. The normalized spacial score (nSPS) is 11.7. The number of carbonyl (C=O) groups is 1. The van der Waals surface area contributed by atoms with Gasteiger partial charge in [0.1, 0.15) is 18.1 Å². The molecule has 0 aliphatic rings. The predicted molar refractivity (Wildman–Crippen MR) is 103 cm³/mol. The van der Waals surface area contributed by atoms with Crippen LogP contribution < -0.4 is 9.47 Å². The smallest absolute Gasteiger partial charge is 0.274 e. The zero-order chi connectivity index (χ0) is 19.2. The van der Waals surface area contributed by atoms with Crippen molar-refractivity contribution in [2.24, 2.45) is 0 Å². The maximum atomic E-state index is 12.8. The van der Waals surface area contributed by atoms with E-state index in [-0.39, 0.29) is 11.9 Å². The molecular formula is C21H23N3O3. The van der Waals surface area contributed by atoms with Crippen LogP contribution in [0.4, 0.5) is 0 Å². The maximum Gasteiger partial charge on any atom is 0.274 e. The summed E-state index contributed by atoms with van der Waals surface area (Å²) in [5.74, 6) is 1.35. The lowest BCUT2D eigenvalue weighted by Crippen LogP contribution is -2.30. The van der Waals surface area contributed by atoms with Gasteiger partial charge in [-0.15, -0.1) is 0 Å². The molecule has 1 unspecified atom stereocenters. The van der Waals surface area contributed by atoms with Gasteiger partial charge in [0.25, 0.3) is 5.91 Å². The minimum atomic E-state index is -0.171. The fourth-order valence-corrected chi connectivity index (χ4v) is 2.80. The highest BCUT2D eigenvalue weighted by Crippen LogP contribution is 2.28. The number of H-pyrrole nitrogens is 1. The number of para-hydroxylation sites is 2. The van der Waals surface area contributed by atoms with E-state index in [2.05, 4.69) is 10.2 Å². The van der Waals surface area contributed by atoms with Crippen LogP contribution in [0.15, 0.2) is 60.7 Å². The van der Waals surface area contributed by atoms with Crippen LogP contribution in [0.1, 0.15) is 34.7 Å². The van der Waals surface area contributed by atoms with Crippen molar-refractivity contribution in [3.8, 4) is 11.5 Å². The van der Waals surface area contributed by atoms with Gasteiger partial charge in [0.2, 0.25) is 0 Å². The van der Waals surface area contributed by atoms with E-state index >= 15 is 0 Å². The Labute approximate surface area is 158 Å². The standard InChI is InChI=1S/C21H23N3O3/c1-15(18-11-7-8-12-20(18)26-3)24(2)21(25)19-13-16(22-23-19)14-27-17-9-5-4-6-10-17/h4-13,15H,14H2,1-3H3,(H,22,23). The van der Waals surface area contributed by atoms with Gasteiger partial charge in [-0.25, -0.2) is 0 Å². The second-order valence-corrected chi connectivity index (χ2v) is 6.21. The Bertz CT molecular complexity index is 892. The van der Waals surface area contributed by atoms with Crippen molar-refractivity contribution in [1.29, 1.82) is 0 Å². The lowest BCUT2D eigenvalue weighted by Gasteiger charge is -2.25. The molecule has 0 spiro atoms. The molecule has 1 N–H and O–H groups in total. The third-order valence-electron chi connectivity index (χ3n) is 4.48. The molecule has 0 aliphatic carbocycles. The van der Waals surface area contributed by atoms with Gasteiger partial charge in [-0.05, 0) is 31.2 Å². The quantitative estimate of drug-likeness (QED) is 0.691. The van der Waals surface area contributed by atoms with Crippen molar-refractivity contribution in [2.45, 2.75) is 19.6 Å². The van der Waals surface area contributed by atoms with Crippen molar-refractivity contribution in [2.75, 3.05) is 14.2 Å². The Balaban J connectivity index is 1.67. The number of amides is 1. The number of hydrogen-bond donors (Lipinski definition) is 1. The van der Waals surface area contributed by atoms with Gasteiger partial charge in [-0.2, -0.15) is 5.10 Å². The molecule has 140 valence electrons. The average Bonchev–Trinajstić information content (AvgIpc) is 3.20. The molecule has 1 amide bonds. The second-order valence-electron chi connectivity index (χ2n) is 6.21. The van der Waals surface area contributed by atoms with Gasteiger partial charge in [-0.3, -0.25) is 9.89 Å². The molecule has 1 aromatic heterocycles. The SMILES string of the molecule is COc1ccccc1C(C)N(C)C(=O)c1cc(COc2ccccc2)[nH]n1. The monoisotopic (exact) mass is 365 g/mol. The van der Waals surface area contributed by atoms with Crippen molar-refractivity contribution < 1.29 is 14.3 Å². The van der Waals surface area contributed by atoms with Crippen LogP contribution >= 0.6 is 0 Å². The number of carbonyl (C=O) groups excluding carboxylic acids is 1. The Morgan fingerprint density at radius 1 is 1.15 bits per heavy atom. The van der Waals surface area contributed by atoms with Crippen LogP contribution in [0.5, 0.6) is 11.5 Å². The summed E-state index contributed by atoms with van der Waals surface area (Å²) >= 11 is 0. The minimum absolute atomic E-state index is 0.158. The van der Waals surface area contributed by atoms with Gasteiger partial charge in [0.05, 0.1) is 18.8 Å². The van der Waals surface area contributed by atoms with Gasteiger partial charge < -0.3 is 14.4 Å². The Kier molecular flexibility index (Phi) is 5.76. The lowest BCUT2D eigenvalue weighted by molar-refractivity contribution is 0.0735. The Morgan fingerprint density at radius 3 is 2.59 bits per heavy atom. The molecule has 0 radical (unpaired) electrons. The molecule has 1 atom stereocenters. The zero-order valence-corrected chi connectivity index (χ0v) is 15.7. The molecule has 0 saturated carbocycles. The first-order chi connectivity index (χ1) is 13.1. The molecule has 3 rings (SSSR count). The van der Waals surface area contributed by atoms with Crippen LogP contribution in [0.2, 0.25) is 0 Å². The molecule has 0 fully saturated rings. The molecule has 6 heteroatoms. The summed E-state index contributed by atoms with van der Waals surface area (Å²) in [4.78, 5) is 14.5. The second kappa shape index (κ2) is 8.40. The highest BCUT2D eigenvalue weighted by molar-refractivity contribution is 5.92. The van der Waals surface area contributed by atoms with E-state index in [0.29, 0.717) is 12.3 Å². The van der Waals surface area contributed by atoms with E-state index < -0.39 is 0 Å². The van der Waals surface area contributed by atoms with Gasteiger partial charge in [0.15, 0.2) is 5.69 Å². The number of benzene rings is 2. The first-order valence-corrected chi connectivity index (χ1v) is 8.72. The molecule has 0 saturated heterocycles. The Morgan fingerprint density at radius 2 is 1.85 bits per heavy atom. The van der Waals surface area contributed by atoms with Gasteiger partial charge in [-0.1, -0.05) is 36.4 Å². The molecule has 2 aromatic carbocycles. The van der Waals surface area contributed by atoms with E-state index in [0.717, 1.165) is 22.8 Å². The van der Waals surface area contributed by atoms with Gasteiger partial charge >= 0.3 is 0 Å². The molecule has 0 bridgehead atoms. The van der Waals surface area contributed by atoms with Crippen LogP contribution in [0.3, 0.4) is 0 Å². The molecule has 1 heterocycles. The highest BCUT2D eigenvalue weighted by Gasteiger charge is 2.23. The van der Waals surface area contributed by atoms with Crippen molar-refractivity contribution >= 4 is 5.91 Å². The van der Waals surface area contributed by atoms with Crippen molar-refractivity contribution in [3.63, 3.8) is 0 Å². The number of methoxy groups -OCH3 is 1. The summed E-state index contributed by atoms with van der Waals surface area (Å²) in [6.45, 7) is 2.28. The molecular weight excluding hydrogens is 342 g/mol. The summed E-state index contributed by atoms with van der Waals surface area (Å²) in [7, 11) is 3.38. The number of ether oxygens (including phenoxy) is 2. The van der Waals surface area contributed by atoms with Crippen LogP contribution in [0.25, 0.3) is 0 Å². The number of rotatable bonds is 7. The average molecular weight is 365 g/mol. The maximum absolute atomic E-state index is 12.8. The fraction of sp³-hybridized carbons (Fsp3) is 0.238. The van der Waals surface area contributed by atoms with Crippen molar-refractivity contribution in [1.82, 2.24) is 15.1 Å². The van der Waals surface area contributed by atoms with E-state index in [1.54, 1.807) is 25.1 Å². The van der Waals surface area contributed by atoms with Crippen LogP contribution in [-0.4, -0.2) is 35.2 Å². The molecule has 3 aromatic rings. The topological polar surface area (TPSA) is 67.4 Å². The number of hydrogen-bond acceptors (Lipinski definition) is 4. The summed E-state index contributed by atoms with van der Waals surface area (Å²) in [5.41, 5.74) is 2.03. The van der Waals surface area contributed by atoms with Crippen molar-refractivity contribution in [3.05, 3.63) is 77.6 Å². The summed E-state index contributed by atoms with van der Waals surface area (Å²) in [5, 5.41) is 7.01. The fourth-order valence-electron chi connectivity index (χ4n) is 2.80. The number of aromatic nitrogens is 2. The third kappa shape index (κ3) is 4.28. The highest BCUT2D eigenvalue weighted by atomic mass is 16.5. The summed E-state index contributed by atoms with van der Waals surface area (Å²) in [6, 6.07) is 18.7. The first kappa shape index (κ1) is 18.5. The van der Waals surface area contributed by atoms with E-state index in [1.807, 2.05) is 61.5 Å². The van der Waals surface area contributed by atoms with E-state index in [9.17, 15) is 4.79 Å². The largest absolute Gasteiger partial charge is 0.496 e. The first-order valence-electron chi connectivity index (χ1n) is 8.72. The minimum Gasteiger partial charge on any atom is -0.496 e. The summed E-state index contributed by atoms with van der Waals surface area (Å²) in [6.07, 6.45) is 0. The number of nitrogens with one attached hydrogen (secondary N) is 1. The van der Waals surface area contributed by atoms with Crippen LogP contribution in [-0.2, 0) is 6.61 Å². The third-order valence-corrected chi connectivity index (χ3v) is 4.48. The summed E-state index contributed by atoms with van der Waals surface area (Å²) < 4.78 is 11.1. The predicted octanol–water partition coefficient (Wildman–Crippen LogP) is 3.83. The van der Waals surface area contributed by atoms with E-state index in [1.165, 1.54) is 0 Å². The number of nitrogens with zero attached hydrogens (tertiary/aromatic N) is 2. The molecule has 27 heavy (non-hydrogen) atoms. The lowest BCUT2D eigenvalue weighted by atomic mass is 10.1. The number of aromatic amines is 1. The van der Waals surface area contributed by atoms with Gasteiger partial charge in [0, 0.05) is 12.6 Å².